The zero-order valence-electron chi connectivity index (χ0n) is 8.87. The molecule has 0 spiro atoms. The minimum absolute atomic E-state index is 0.373. The summed E-state index contributed by atoms with van der Waals surface area (Å²) >= 11 is 0. The van der Waals surface area contributed by atoms with Gasteiger partial charge in [0.15, 0.2) is 0 Å². The van der Waals surface area contributed by atoms with Gasteiger partial charge in [0, 0.05) is 32.7 Å². The third-order valence-electron chi connectivity index (χ3n) is 2.49. The lowest BCUT2D eigenvalue weighted by atomic mass is 10.2. The summed E-state index contributed by atoms with van der Waals surface area (Å²) in [6, 6.07) is 1.34. The lowest BCUT2D eigenvalue weighted by Crippen LogP contribution is -2.51. The van der Waals surface area contributed by atoms with Crippen LogP contribution < -0.4 is 5.73 Å². The molecule has 1 heterocycles. The van der Waals surface area contributed by atoms with E-state index >= 15 is 0 Å². The van der Waals surface area contributed by atoms with Gasteiger partial charge in [-0.05, 0) is 0 Å². The van der Waals surface area contributed by atoms with Crippen molar-refractivity contribution >= 4 is 0 Å². The number of piperazine rings is 1. The lowest BCUT2D eigenvalue weighted by Gasteiger charge is -2.35. The van der Waals surface area contributed by atoms with Crippen molar-refractivity contribution in [2.75, 3.05) is 39.3 Å². The van der Waals surface area contributed by atoms with Gasteiger partial charge in [-0.25, -0.2) is 0 Å². The van der Waals surface area contributed by atoms with Crippen molar-refractivity contribution in [3.05, 3.63) is 0 Å². The van der Waals surface area contributed by atoms with Crippen molar-refractivity contribution in [1.29, 1.82) is 5.26 Å². The summed E-state index contributed by atoms with van der Waals surface area (Å²) in [5.41, 5.74) is 5.44. The Labute approximate surface area is 92.4 Å². The van der Waals surface area contributed by atoms with Crippen LogP contribution in [0.15, 0.2) is 0 Å². The van der Waals surface area contributed by atoms with E-state index in [1.807, 2.05) is 11.0 Å². The molecule has 1 aliphatic heterocycles. The van der Waals surface area contributed by atoms with Crippen LogP contribution in [0.25, 0.3) is 0 Å². The van der Waals surface area contributed by atoms with Gasteiger partial charge in [0.25, 0.3) is 0 Å². The normalized spacial score (nSPS) is 21.7. The Kier molecular flexibility index (Phi) is 4.53. The van der Waals surface area contributed by atoms with E-state index in [4.69, 9.17) is 11.0 Å². The standard InChI is InChI=1S/C9H15F3N4/c10-9(11,12)7-16-3-1-15(2-4-16)6-8(14)5-13/h8H,1-4,6-7,14H2. The predicted molar refractivity (Wildman–Crippen MR) is 52.5 cm³/mol. The van der Waals surface area contributed by atoms with Crippen molar-refractivity contribution in [2.45, 2.75) is 12.2 Å². The van der Waals surface area contributed by atoms with Crippen LogP contribution in [0.5, 0.6) is 0 Å². The number of halogens is 3. The molecule has 1 unspecified atom stereocenters. The first-order chi connectivity index (χ1) is 7.40. The molecule has 0 aromatic heterocycles. The van der Waals surface area contributed by atoms with Crippen molar-refractivity contribution in [3.63, 3.8) is 0 Å². The number of rotatable bonds is 3. The fourth-order valence-electron chi connectivity index (χ4n) is 1.70. The molecule has 1 saturated heterocycles. The van der Waals surface area contributed by atoms with Crippen LogP contribution in [0.1, 0.15) is 0 Å². The number of alkyl halides is 3. The minimum Gasteiger partial charge on any atom is -0.315 e. The maximum absolute atomic E-state index is 12.1. The number of nitrogens with two attached hydrogens (primary N) is 1. The summed E-state index contributed by atoms with van der Waals surface area (Å²) < 4.78 is 36.3. The maximum Gasteiger partial charge on any atom is 0.401 e. The molecule has 1 fully saturated rings. The van der Waals surface area contributed by atoms with Crippen molar-refractivity contribution in [3.8, 4) is 6.07 Å². The van der Waals surface area contributed by atoms with E-state index in [9.17, 15) is 13.2 Å². The highest BCUT2D eigenvalue weighted by atomic mass is 19.4. The molecule has 0 amide bonds. The van der Waals surface area contributed by atoms with Crippen LogP contribution >= 0.6 is 0 Å². The Hall–Kier alpha value is -0.840. The van der Waals surface area contributed by atoms with E-state index in [0.717, 1.165) is 0 Å². The number of nitrogens with zero attached hydrogens (tertiary/aromatic N) is 3. The van der Waals surface area contributed by atoms with E-state index in [2.05, 4.69) is 0 Å². The summed E-state index contributed by atoms with van der Waals surface area (Å²) in [4.78, 5) is 3.29. The smallest absolute Gasteiger partial charge is 0.315 e. The second kappa shape index (κ2) is 5.48. The molecule has 7 heteroatoms. The molecule has 1 atom stereocenters. The van der Waals surface area contributed by atoms with Crippen LogP contribution in [-0.2, 0) is 0 Å². The molecule has 16 heavy (non-hydrogen) atoms. The fourth-order valence-corrected chi connectivity index (χ4v) is 1.70. The Morgan fingerprint density at radius 1 is 1.19 bits per heavy atom. The van der Waals surface area contributed by atoms with Gasteiger partial charge in [-0.3, -0.25) is 9.80 Å². The largest absolute Gasteiger partial charge is 0.401 e. The molecule has 92 valence electrons. The third kappa shape index (κ3) is 4.79. The first kappa shape index (κ1) is 13.2. The van der Waals surface area contributed by atoms with Gasteiger partial charge in [0.1, 0.15) is 6.04 Å². The molecule has 0 aliphatic carbocycles. The molecular weight excluding hydrogens is 221 g/mol. The average molecular weight is 236 g/mol. The Bertz CT molecular complexity index is 252. The highest BCUT2D eigenvalue weighted by Crippen LogP contribution is 2.17. The minimum atomic E-state index is -4.13. The van der Waals surface area contributed by atoms with Gasteiger partial charge in [0.05, 0.1) is 12.6 Å². The highest BCUT2D eigenvalue weighted by molar-refractivity contribution is 4.90. The summed E-state index contributed by atoms with van der Waals surface area (Å²) in [5.74, 6) is 0. The number of hydrogen-bond donors (Lipinski definition) is 1. The Balaban J connectivity index is 2.27. The van der Waals surface area contributed by atoms with E-state index < -0.39 is 18.8 Å². The lowest BCUT2D eigenvalue weighted by molar-refractivity contribution is -0.149. The van der Waals surface area contributed by atoms with Crippen LogP contribution in [0.3, 0.4) is 0 Å². The topological polar surface area (TPSA) is 56.3 Å². The van der Waals surface area contributed by atoms with Crippen LogP contribution in [0.4, 0.5) is 13.2 Å². The average Bonchev–Trinajstić information content (AvgIpc) is 2.18. The third-order valence-corrected chi connectivity index (χ3v) is 2.49. The summed E-state index contributed by atoms with van der Waals surface area (Å²) in [6.07, 6.45) is -4.13. The van der Waals surface area contributed by atoms with Gasteiger partial charge >= 0.3 is 6.18 Å². The molecule has 0 saturated carbocycles. The zero-order chi connectivity index (χ0) is 12.2. The second-order valence-corrected chi connectivity index (χ2v) is 3.93. The fraction of sp³-hybridized carbons (Fsp3) is 0.889. The molecule has 1 rings (SSSR count). The van der Waals surface area contributed by atoms with Crippen LogP contribution in [0, 0.1) is 11.3 Å². The molecule has 0 aromatic carbocycles. The van der Waals surface area contributed by atoms with E-state index in [0.29, 0.717) is 32.7 Å². The van der Waals surface area contributed by atoms with E-state index in [-0.39, 0.29) is 0 Å². The van der Waals surface area contributed by atoms with Crippen molar-refractivity contribution in [1.82, 2.24) is 9.80 Å². The van der Waals surface area contributed by atoms with Gasteiger partial charge in [0.2, 0.25) is 0 Å². The van der Waals surface area contributed by atoms with Crippen LogP contribution in [-0.4, -0.2) is 61.3 Å². The van der Waals surface area contributed by atoms with Gasteiger partial charge < -0.3 is 5.73 Å². The maximum atomic E-state index is 12.1. The summed E-state index contributed by atoms with van der Waals surface area (Å²) in [7, 11) is 0. The molecule has 4 nitrogen and oxygen atoms in total. The van der Waals surface area contributed by atoms with E-state index in [1.165, 1.54) is 4.90 Å². The highest BCUT2D eigenvalue weighted by Gasteiger charge is 2.32. The first-order valence-electron chi connectivity index (χ1n) is 5.07. The Morgan fingerprint density at radius 3 is 2.12 bits per heavy atom. The molecular formula is C9H15F3N4. The molecule has 2 N–H and O–H groups in total. The van der Waals surface area contributed by atoms with Gasteiger partial charge in [-0.1, -0.05) is 0 Å². The molecule has 0 aromatic rings. The van der Waals surface area contributed by atoms with Gasteiger partial charge in [-0.15, -0.1) is 0 Å². The molecule has 0 radical (unpaired) electrons. The molecule has 0 bridgehead atoms. The quantitative estimate of drug-likeness (QED) is 0.750. The summed E-state index contributed by atoms with van der Waals surface area (Å²) in [6.45, 7) is 1.38. The molecule has 1 aliphatic rings. The van der Waals surface area contributed by atoms with Crippen molar-refractivity contribution < 1.29 is 13.2 Å². The second-order valence-electron chi connectivity index (χ2n) is 3.93. The SMILES string of the molecule is N#CC(N)CN1CCN(CC(F)(F)F)CC1. The van der Waals surface area contributed by atoms with Crippen LogP contribution in [0.2, 0.25) is 0 Å². The van der Waals surface area contributed by atoms with Gasteiger partial charge in [-0.2, -0.15) is 18.4 Å². The number of hydrogen-bond acceptors (Lipinski definition) is 4. The number of nitriles is 1. The Morgan fingerprint density at radius 2 is 1.69 bits per heavy atom. The first-order valence-corrected chi connectivity index (χ1v) is 5.07. The zero-order valence-corrected chi connectivity index (χ0v) is 8.87. The van der Waals surface area contributed by atoms with E-state index in [1.54, 1.807) is 0 Å². The predicted octanol–water partition coefficient (Wildman–Crippen LogP) is 0.0172. The van der Waals surface area contributed by atoms with Crippen molar-refractivity contribution in [2.24, 2.45) is 5.73 Å². The monoisotopic (exact) mass is 236 g/mol. The summed E-state index contributed by atoms with van der Waals surface area (Å²) in [5, 5.41) is 8.51.